The summed E-state index contributed by atoms with van der Waals surface area (Å²) in [6, 6.07) is 16.4. The Morgan fingerprint density at radius 3 is 2.11 bits per heavy atom. The highest BCUT2D eigenvalue weighted by molar-refractivity contribution is 5.85. The molecule has 0 atom stereocenters. The van der Waals surface area contributed by atoms with Crippen LogP contribution in [0.4, 0.5) is 10.5 Å². The minimum absolute atomic E-state index is 0.195. The molecular weight excluding hydrogens is 334 g/mol. The van der Waals surface area contributed by atoms with E-state index >= 15 is 0 Å². The zero-order valence-electron chi connectivity index (χ0n) is 15.9. The van der Waals surface area contributed by atoms with Crippen molar-refractivity contribution in [2.75, 3.05) is 5.32 Å². The number of ether oxygens (including phenoxy) is 1. The molecular formula is C24H27NO2. The minimum Gasteiger partial charge on any atom is -0.443 e. The molecule has 3 nitrogen and oxygen atoms in total. The molecule has 4 saturated carbocycles. The predicted octanol–water partition coefficient (Wildman–Crippen LogP) is 6.18. The topological polar surface area (TPSA) is 38.3 Å². The van der Waals surface area contributed by atoms with Crippen molar-refractivity contribution >= 4 is 11.8 Å². The first-order valence-electron chi connectivity index (χ1n) is 10.2. The highest BCUT2D eigenvalue weighted by atomic mass is 16.6. The normalized spacial score (nSPS) is 30.9. The summed E-state index contributed by atoms with van der Waals surface area (Å²) in [5, 5.41) is 2.95. The Morgan fingerprint density at radius 2 is 1.52 bits per heavy atom. The van der Waals surface area contributed by atoms with Crippen molar-refractivity contribution in [3.05, 3.63) is 54.1 Å². The zero-order chi connectivity index (χ0) is 18.4. The average Bonchev–Trinajstić information content (AvgIpc) is 2.61. The molecule has 1 N–H and O–H groups in total. The molecule has 2 aromatic rings. The number of anilines is 1. The van der Waals surface area contributed by atoms with Gasteiger partial charge in [0.05, 0.1) is 0 Å². The number of carbonyl (C=O) groups excluding carboxylic acids is 1. The SMILES string of the molecule is Cc1ccccc1-c1ccc(NC(=O)OC23CC4CC(CC(C4)C2)C3)cc1. The fraction of sp³-hybridized carbons (Fsp3) is 0.458. The monoisotopic (exact) mass is 361 g/mol. The lowest BCUT2D eigenvalue weighted by Gasteiger charge is -2.55. The lowest BCUT2D eigenvalue weighted by Crippen LogP contribution is -2.53. The van der Waals surface area contributed by atoms with E-state index in [-0.39, 0.29) is 11.7 Å². The Hall–Kier alpha value is -2.29. The third-order valence-electron chi connectivity index (χ3n) is 6.88. The number of hydrogen-bond acceptors (Lipinski definition) is 2. The molecule has 3 heteroatoms. The van der Waals surface area contributed by atoms with Gasteiger partial charge in [0.1, 0.15) is 5.60 Å². The number of hydrogen-bond donors (Lipinski definition) is 1. The summed E-state index contributed by atoms with van der Waals surface area (Å²) in [7, 11) is 0. The van der Waals surface area contributed by atoms with Gasteiger partial charge in [-0.25, -0.2) is 4.79 Å². The zero-order valence-corrected chi connectivity index (χ0v) is 15.9. The first kappa shape index (κ1) is 16.9. The maximum atomic E-state index is 12.6. The van der Waals surface area contributed by atoms with Crippen molar-refractivity contribution in [1.82, 2.24) is 0 Å². The lowest BCUT2D eigenvalue weighted by atomic mass is 9.54. The second kappa shape index (κ2) is 6.40. The van der Waals surface area contributed by atoms with E-state index in [9.17, 15) is 4.79 Å². The average molecular weight is 361 g/mol. The fourth-order valence-electron chi connectivity index (χ4n) is 6.13. The molecule has 4 fully saturated rings. The Morgan fingerprint density at radius 1 is 0.926 bits per heavy atom. The molecule has 1 amide bonds. The van der Waals surface area contributed by atoms with E-state index in [1.165, 1.54) is 30.4 Å². The van der Waals surface area contributed by atoms with Gasteiger partial charge in [0.25, 0.3) is 0 Å². The van der Waals surface area contributed by atoms with Crippen molar-refractivity contribution in [3.8, 4) is 11.1 Å². The van der Waals surface area contributed by atoms with Crippen LogP contribution in [0.1, 0.15) is 44.1 Å². The maximum Gasteiger partial charge on any atom is 0.412 e. The van der Waals surface area contributed by atoms with Gasteiger partial charge in [0, 0.05) is 5.69 Å². The molecule has 0 aliphatic heterocycles. The fourth-order valence-corrected chi connectivity index (χ4v) is 6.13. The smallest absolute Gasteiger partial charge is 0.412 e. The summed E-state index contributed by atoms with van der Waals surface area (Å²) in [5.41, 5.74) is 4.23. The van der Waals surface area contributed by atoms with E-state index in [0.717, 1.165) is 48.3 Å². The molecule has 4 aliphatic rings. The molecule has 4 bridgehead atoms. The molecule has 6 rings (SSSR count). The van der Waals surface area contributed by atoms with E-state index in [0.29, 0.717) is 0 Å². The summed E-state index contributed by atoms with van der Waals surface area (Å²) in [6.07, 6.45) is 6.97. The van der Waals surface area contributed by atoms with Crippen LogP contribution in [0.3, 0.4) is 0 Å². The Labute approximate surface area is 161 Å². The van der Waals surface area contributed by atoms with E-state index in [4.69, 9.17) is 4.74 Å². The number of aryl methyl sites for hydroxylation is 1. The van der Waals surface area contributed by atoms with Crippen molar-refractivity contribution in [2.24, 2.45) is 17.8 Å². The van der Waals surface area contributed by atoms with Gasteiger partial charge in [-0.1, -0.05) is 36.4 Å². The molecule has 0 saturated heterocycles. The number of benzene rings is 2. The van der Waals surface area contributed by atoms with Crippen molar-refractivity contribution < 1.29 is 9.53 Å². The number of nitrogens with one attached hydrogen (secondary N) is 1. The van der Waals surface area contributed by atoms with Gasteiger partial charge in [0.2, 0.25) is 0 Å². The Kier molecular flexibility index (Phi) is 3.99. The van der Waals surface area contributed by atoms with Crippen LogP contribution in [0.15, 0.2) is 48.5 Å². The van der Waals surface area contributed by atoms with Crippen LogP contribution in [0.25, 0.3) is 11.1 Å². The van der Waals surface area contributed by atoms with Crippen LogP contribution >= 0.6 is 0 Å². The summed E-state index contributed by atoms with van der Waals surface area (Å²) >= 11 is 0. The van der Waals surface area contributed by atoms with Gasteiger partial charge < -0.3 is 4.74 Å². The number of carbonyl (C=O) groups is 1. The molecule has 0 aromatic heterocycles. The van der Waals surface area contributed by atoms with Crippen LogP contribution in [-0.4, -0.2) is 11.7 Å². The van der Waals surface area contributed by atoms with Gasteiger partial charge >= 0.3 is 6.09 Å². The van der Waals surface area contributed by atoms with E-state index < -0.39 is 0 Å². The van der Waals surface area contributed by atoms with Crippen LogP contribution in [0, 0.1) is 24.7 Å². The number of amides is 1. The molecule has 0 spiro atoms. The summed E-state index contributed by atoms with van der Waals surface area (Å²) in [4.78, 5) is 12.6. The third-order valence-corrected chi connectivity index (χ3v) is 6.88. The maximum absolute atomic E-state index is 12.6. The first-order valence-corrected chi connectivity index (χ1v) is 10.2. The molecule has 2 aromatic carbocycles. The highest BCUT2D eigenvalue weighted by Gasteiger charge is 2.53. The standard InChI is InChI=1S/C24H27NO2/c1-16-4-2-3-5-22(16)20-6-8-21(9-7-20)25-23(26)27-24-13-17-10-18(14-24)12-19(11-17)15-24/h2-9,17-19H,10-15H2,1H3,(H,25,26). The number of rotatable bonds is 3. The van der Waals surface area contributed by atoms with Gasteiger partial charge in [-0.2, -0.15) is 0 Å². The highest BCUT2D eigenvalue weighted by Crippen LogP contribution is 2.57. The quantitative estimate of drug-likeness (QED) is 0.709. The summed E-state index contributed by atoms with van der Waals surface area (Å²) in [5.74, 6) is 2.33. The van der Waals surface area contributed by atoms with E-state index in [1.807, 2.05) is 12.1 Å². The van der Waals surface area contributed by atoms with Crippen molar-refractivity contribution in [3.63, 3.8) is 0 Å². The van der Waals surface area contributed by atoms with Gasteiger partial charge in [-0.3, -0.25) is 5.32 Å². The van der Waals surface area contributed by atoms with E-state index in [1.54, 1.807) is 0 Å². The second-order valence-electron chi connectivity index (χ2n) is 9.01. The van der Waals surface area contributed by atoms with Gasteiger partial charge in [-0.15, -0.1) is 0 Å². The minimum atomic E-state index is -0.291. The first-order chi connectivity index (χ1) is 13.1. The second-order valence-corrected chi connectivity index (χ2v) is 9.01. The van der Waals surface area contributed by atoms with Crippen LogP contribution in [0.5, 0.6) is 0 Å². The van der Waals surface area contributed by atoms with Gasteiger partial charge in [0.15, 0.2) is 0 Å². The molecule has 0 radical (unpaired) electrons. The summed E-state index contributed by atoms with van der Waals surface area (Å²) < 4.78 is 6.04. The van der Waals surface area contributed by atoms with Crippen LogP contribution in [0.2, 0.25) is 0 Å². The third kappa shape index (κ3) is 3.24. The van der Waals surface area contributed by atoms with Crippen LogP contribution < -0.4 is 5.32 Å². The molecule has 4 aliphatic carbocycles. The Balaban J connectivity index is 1.26. The molecule has 0 heterocycles. The van der Waals surface area contributed by atoms with Gasteiger partial charge in [-0.05, 0) is 92.0 Å². The predicted molar refractivity (Wildman–Crippen MR) is 108 cm³/mol. The Bertz CT molecular complexity index is 820. The van der Waals surface area contributed by atoms with Crippen LogP contribution in [-0.2, 0) is 4.74 Å². The van der Waals surface area contributed by atoms with E-state index in [2.05, 4.69) is 48.6 Å². The molecule has 0 unspecified atom stereocenters. The largest absolute Gasteiger partial charge is 0.443 e. The van der Waals surface area contributed by atoms with Crippen molar-refractivity contribution in [1.29, 1.82) is 0 Å². The molecule has 140 valence electrons. The van der Waals surface area contributed by atoms with Crippen molar-refractivity contribution in [2.45, 2.75) is 51.0 Å². The summed E-state index contributed by atoms with van der Waals surface area (Å²) in [6.45, 7) is 2.12. The lowest BCUT2D eigenvalue weighted by molar-refractivity contribution is -0.124. The molecule has 27 heavy (non-hydrogen) atoms.